The minimum Gasteiger partial charge on any atom is -0.497 e. The largest absolute Gasteiger partial charge is 0.497 e. The number of nitrogens with zero attached hydrogens (tertiary/aromatic N) is 1. The number of aromatic nitrogens is 1. The van der Waals surface area contributed by atoms with Gasteiger partial charge in [0.25, 0.3) is 5.91 Å². The first-order valence-corrected chi connectivity index (χ1v) is 10.4. The zero-order valence-corrected chi connectivity index (χ0v) is 17.1. The third-order valence-corrected chi connectivity index (χ3v) is 5.97. The van der Waals surface area contributed by atoms with Crippen LogP contribution in [0.3, 0.4) is 0 Å². The second-order valence-electron chi connectivity index (χ2n) is 5.82. The molecule has 1 unspecified atom stereocenters. The van der Waals surface area contributed by atoms with E-state index in [2.05, 4.69) is 10.3 Å². The lowest BCUT2D eigenvalue weighted by molar-refractivity contribution is -0.143. The van der Waals surface area contributed by atoms with Gasteiger partial charge >= 0.3 is 5.97 Å². The third-order valence-electron chi connectivity index (χ3n) is 3.94. The van der Waals surface area contributed by atoms with Crippen molar-refractivity contribution in [3.8, 4) is 15.6 Å². The average Bonchev–Trinajstić information content (AvgIpc) is 3.39. The molecule has 0 spiro atoms. The fraction of sp³-hybridized carbons (Fsp3) is 0.250. The van der Waals surface area contributed by atoms with E-state index in [1.165, 1.54) is 11.3 Å². The van der Waals surface area contributed by atoms with E-state index in [1.54, 1.807) is 37.6 Å². The number of carbonyl (C=O) groups is 2. The van der Waals surface area contributed by atoms with Crippen molar-refractivity contribution in [2.45, 2.75) is 19.4 Å². The standard InChI is InChI=1S/C20H20N2O4S2/c1-3-26-18(23)11-15(13-6-4-7-14(10-13)25-2)22-19(24)17-12-21-20(28-17)16-8-5-9-27-16/h4-10,12,15H,3,11H2,1-2H3,(H,22,24). The van der Waals surface area contributed by atoms with Crippen molar-refractivity contribution in [3.63, 3.8) is 0 Å². The van der Waals surface area contributed by atoms with Crippen LogP contribution >= 0.6 is 22.7 Å². The van der Waals surface area contributed by atoms with Crippen molar-refractivity contribution in [2.24, 2.45) is 0 Å². The number of esters is 1. The van der Waals surface area contributed by atoms with Crippen LogP contribution in [0.4, 0.5) is 0 Å². The van der Waals surface area contributed by atoms with Gasteiger partial charge in [-0.15, -0.1) is 22.7 Å². The molecule has 3 aromatic rings. The Bertz CT molecular complexity index is 937. The maximum Gasteiger partial charge on any atom is 0.308 e. The number of thiophene rings is 1. The van der Waals surface area contributed by atoms with E-state index in [1.807, 2.05) is 35.7 Å². The predicted molar refractivity (Wildman–Crippen MR) is 110 cm³/mol. The molecule has 8 heteroatoms. The topological polar surface area (TPSA) is 77.5 Å². The Kier molecular flexibility index (Phi) is 6.78. The summed E-state index contributed by atoms with van der Waals surface area (Å²) in [5, 5.41) is 5.69. The van der Waals surface area contributed by atoms with Crippen LogP contribution in [0, 0.1) is 0 Å². The normalized spacial score (nSPS) is 11.6. The highest BCUT2D eigenvalue weighted by atomic mass is 32.1. The summed E-state index contributed by atoms with van der Waals surface area (Å²) in [7, 11) is 1.57. The van der Waals surface area contributed by atoms with E-state index < -0.39 is 6.04 Å². The zero-order valence-electron chi connectivity index (χ0n) is 15.5. The quantitative estimate of drug-likeness (QED) is 0.554. The molecule has 0 fully saturated rings. The summed E-state index contributed by atoms with van der Waals surface area (Å²) in [5.41, 5.74) is 0.767. The molecule has 0 aliphatic rings. The summed E-state index contributed by atoms with van der Waals surface area (Å²) in [6, 6.07) is 10.6. The van der Waals surface area contributed by atoms with Gasteiger partial charge in [0.05, 0.1) is 37.3 Å². The summed E-state index contributed by atoms with van der Waals surface area (Å²) >= 11 is 2.89. The molecule has 1 N–H and O–H groups in total. The van der Waals surface area contributed by atoms with Crippen LogP contribution in [0.15, 0.2) is 48.0 Å². The molecule has 2 heterocycles. The second kappa shape index (κ2) is 9.48. The average molecular weight is 417 g/mol. The number of hydrogen-bond donors (Lipinski definition) is 1. The van der Waals surface area contributed by atoms with Gasteiger partial charge in [0, 0.05) is 0 Å². The fourth-order valence-electron chi connectivity index (χ4n) is 2.62. The summed E-state index contributed by atoms with van der Waals surface area (Å²) in [4.78, 5) is 30.7. The van der Waals surface area contributed by atoms with Crippen molar-refractivity contribution >= 4 is 34.6 Å². The van der Waals surface area contributed by atoms with Gasteiger partial charge in [0.1, 0.15) is 15.6 Å². The lowest BCUT2D eigenvalue weighted by Crippen LogP contribution is -2.30. The Balaban J connectivity index is 1.79. The molecule has 1 atom stereocenters. The van der Waals surface area contributed by atoms with Gasteiger partial charge in [-0.3, -0.25) is 9.59 Å². The van der Waals surface area contributed by atoms with E-state index >= 15 is 0 Å². The van der Waals surface area contributed by atoms with Crippen LogP contribution in [0.1, 0.15) is 34.6 Å². The number of thiazole rings is 1. The van der Waals surface area contributed by atoms with Crippen molar-refractivity contribution in [2.75, 3.05) is 13.7 Å². The third kappa shape index (κ3) is 4.96. The molecule has 6 nitrogen and oxygen atoms in total. The molecule has 146 valence electrons. The monoisotopic (exact) mass is 416 g/mol. The van der Waals surface area contributed by atoms with E-state index in [0.717, 1.165) is 15.4 Å². The van der Waals surface area contributed by atoms with E-state index in [-0.39, 0.29) is 24.9 Å². The molecule has 0 radical (unpaired) electrons. The molecule has 1 aromatic carbocycles. The van der Waals surface area contributed by atoms with Gasteiger partial charge in [0.15, 0.2) is 0 Å². The molecule has 2 aromatic heterocycles. The van der Waals surface area contributed by atoms with E-state index in [4.69, 9.17) is 9.47 Å². The molecule has 28 heavy (non-hydrogen) atoms. The molecule has 0 aliphatic heterocycles. The van der Waals surface area contributed by atoms with Crippen LogP contribution < -0.4 is 10.1 Å². The number of hydrogen-bond acceptors (Lipinski definition) is 7. The Labute approximate surface area is 171 Å². The van der Waals surface area contributed by atoms with Gasteiger partial charge in [0.2, 0.25) is 0 Å². The lowest BCUT2D eigenvalue weighted by Gasteiger charge is -2.18. The number of amides is 1. The Morgan fingerprint density at radius 1 is 1.25 bits per heavy atom. The van der Waals surface area contributed by atoms with Gasteiger partial charge in [-0.25, -0.2) is 4.98 Å². The maximum atomic E-state index is 12.8. The van der Waals surface area contributed by atoms with Gasteiger partial charge in [-0.1, -0.05) is 18.2 Å². The predicted octanol–water partition coefficient (Wildman–Crippen LogP) is 4.30. The van der Waals surface area contributed by atoms with Crippen LogP contribution in [-0.2, 0) is 9.53 Å². The zero-order chi connectivity index (χ0) is 19.9. The summed E-state index contributed by atoms with van der Waals surface area (Å²) in [6.45, 7) is 2.04. The Morgan fingerprint density at radius 2 is 2.11 bits per heavy atom. The minimum absolute atomic E-state index is 0.0311. The van der Waals surface area contributed by atoms with Gasteiger partial charge < -0.3 is 14.8 Å². The summed E-state index contributed by atoms with van der Waals surface area (Å²) in [5.74, 6) is -0.00463. The lowest BCUT2D eigenvalue weighted by atomic mass is 10.0. The first-order chi connectivity index (χ1) is 13.6. The Hall–Kier alpha value is -2.71. The smallest absolute Gasteiger partial charge is 0.308 e. The highest BCUT2D eigenvalue weighted by Gasteiger charge is 2.22. The van der Waals surface area contributed by atoms with Crippen molar-refractivity contribution in [3.05, 3.63) is 58.4 Å². The maximum absolute atomic E-state index is 12.8. The van der Waals surface area contributed by atoms with Crippen LogP contribution in [0.5, 0.6) is 5.75 Å². The van der Waals surface area contributed by atoms with Gasteiger partial charge in [-0.05, 0) is 36.1 Å². The summed E-state index contributed by atoms with van der Waals surface area (Å²) in [6.07, 6.45) is 1.59. The summed E-state index contributed by atoms with van der Waals surface area (Å²) < 4.78 is 10.3. The number of carbonyl (C=O) groups excluding carboxylic acids is 2. The van der Waals surface area contributed by atoms with Crippen LogP contribution in [-0.4, -0.2) is 30.6 Å². The molecular formula is C20H20N2O4S2. The van der Waals surface area contributed by atoms with E-state index in [0.29, 0.717) is 10.6 Å². The Morgan fingerprint density at radius 3 is 2.82 bits per heavy atom. The second-order valence-corrected chi connectivity index (χ2v) is 7.80. The first-order valence-electron chi connectivity index (χ1n) is 8.70. The first kappa shape index (κ1) is 20.0. The number of rotatable bonds is 8. The molecule has 3 rings (SSSR count). The van der Waals surface area contributed by atoms with Gasteiger partial charge in [-0.2, -0.15) is 0 Å². The number of nitrogens with one attached hydrogen (secondary N) is 1. The number of benzene rings is 1. The molecular weight excluding hydrogens is 396 g/mol. The highest BCUT2D eigenvalue weighted by molar-refractivity contribution is 7.21. The highest BCUT2D eigenvalue weighted by Crippen LogP contribution is 2.29. The molecule has 0 aliphatic carbocycles. The SMILES string of the molecule is CCOC(=O)CC(NC(=O)c1cnc(-c2cccs2)s1)c1cccc(OC)c1. The van der Waals surface area contributed by atoms with Crippen LogP contribution in [0.25, 0.3) is 9.88 Å². The fourth-order valence-corrected chi connectivity index (χ4v) is 4.24. The minimum atomic E-state index is -0.533. The van der Waals surface area contributed by atoms with Crippen molar-refractivity contribution in [1.82, 2.24) is 10.3 Å². The molecule has 0 saturated carbocycles. The van der Waals surface area contributed by atoms with Crippen molar-refractivity contribution < 1.29 is 19.1 Å². The van der Waals surface area contributed by atoms with Crippen molar-refractivity contribution in [1.29, 1.82) is 0 Å². The van der Waals surface area contributed by atoms with E-state index in [9.17, 15) is 9.59 Å². The molecule has 1 amide bonds. The van der Waals surface area contributed by atoms with Crippen LogP contribution in [0.2, 0.25) is 0 Å². The molecule has 0 saturated heterocycles. The number of ether oxygens (including phenoxy) is 2. The number of methoxy groups -OCH3 is 1. The molecule has 0 bridgehead atoms.